The number of hydrogen-bond donors (Lipinski definition) is 4. The number of allylic oxidation sites excluding steroid dienone is 1. The number of nitrogens with zero attached hydrogens (tertiary/aromatic N) is 1. The van der Waals surface area contributed by atoms with E-state index in [1.807, 2.05) is 6.07 Å². The summed E-state index contributed by atoms with van der Waals surface area (Å²) in [5, 5.41) is 33.4. The molecule has 8 heteroatoms. The third kappa shape index (κ3) is 3.64. The molecule has 0 saturated heterocycles. The molecule has 2 atom stereocenters. The molecular formula is C16H17N3O5. The summed E-state index contributed by atoms with van der Waals surface area (Å²) < 4.78 is 5.39. The van der Waals surface area contributed by atoms with Crippen molar-refractivity contribution in [2.75, 3.05) is 10.6 Å². The van der Waals surface area contributed by atoms with Gasteiger partial charge in [-0.25, -0.2) is 4.79 Å². The van der Waals surface area contributed by atoms with E-state index in [2.05, 4.69) is 10.6 Å². The molecule has 2 rings (SSSR count). The van der Waals surface area contributed by atoms with Crippen LogP contribution in [0.1, 0.15) is 13.8 Å². The maximum atomic E-state index is 11.4. The van der Waals surface area contributed by atoms with Gasteiger partial charge in [0.05, 0.1) is 17.4 Å². The van der Waals surface area contributed by atoms with E-state index in [0.29, 0.717) is 5.69 Å². The first kappa shape index (κ1) is 17.3. The van der Waals surface area contributed by atoms with Gasteiger partial charge in [0.1, 0.15) is 17.8 Å². The van der Waals surface area contributed by atoms with E-state index in [9.17, 15) is 14.7 Å². The number of nitriles is 1. The van der Waals surface area contributed by atoms with Crippen molar-refractivity contribution in [3.63, 3.8) is 0 Å². The number of hydrogen-bond acceptors (Lipinski definition) is 6. The van der Waals surface area contributed by atoms with Crippen molar-refractivity contribution in [1.29, 1.82) is 5.26 Å². The van der Waals surface area contributed by atoms with Crippen molar-refractivity contribution in [3.05, 3.63) is 36.1 Å². The van der Waals surface area contributed by atoms with E-state index in [0.717, 1.165) is 0 Å². The molecule has 1 aliphatic heterocycles. The number of aliphatic carboxylic acids is 1. The normalized spacial score (nSPS) is 21.7. The molecule has 0 aliphatic carbocycles. The zero-order valence-corrected chi connectivity index (χ0v) is 13.1. The fourth-order valence-electron chi connectivity index (χ4n) is 2.32. The Balaban J connectivity index is 2.29. The van der Waals surface area contributed by atoms with Gasteiger partial charge in [0.15, 0.2) is 5.76 Å². The Morgan fingerprint density at radius 1 is 1.29 bits per heavy atom. The summed E-state index contributed by atoms with van der Waals surface area (Å²) in [6.45, 7) is 3.30. The molecule has 0 spiro atoms. The number of anilines is 2. The van der Waals surface area contributed by atoms with Crippen molar-refractivity contribution in [3.8, 4) is 6.07 Å². The van der Waals surface area contributed by atoms with Gasteiger partial charge in [-0.3, -0.25) is 4.79 Å². The van der Waals surface area contributed by atoms with Gasteiger partial charge in [-0.15, -0.1) is 0 Å². The number of benzene rings is 1. The molecule has 24 heavy (non-hydrogen) atoms. The minimum absolute atomic E-state index is 0.0647. The molecule has 1 heterocycles. The second kappa shape index (κ2) is 6.60. The van der Waals surface area contributed by atoms with Crippen LogP contribution in [0.3, 0.4) is 0 Å². The number of carbonyl (C=O) groups is 2. The van der Waals surface area contributed by atoms with Crippen LogP contribution in [0.25, 0.3) is 0 Å². The number of aliphatic hydroxyl groups excluding tert-OH is 1. The number of rotatable bonds is 3. The number of carboxylic acid groups (broad SMARTS) is 1. The molecule has 1 aliphatic rings. The molecule has 0 radical (unpaired) electrons. The first-order valence-corrected chi connectivity index (χ1v) is 7.13. The zero-order chi connectivity index (χ0) is 17.9. The average molecular weight is 331 g/mol. The summed E-state index contributed by atoms with van der Waals surface area (Å²) in [5.74, 6) is -2.72. The van der Waals surface area contributed by atoms with E-state index in [4.69, 9.17) is 15.1 Å². The molecule has 1 aromatic rings. The van der Waals surface area contributed by atoms with Crippen LogP contribution in [0.4, 0.5) is 11.4 Å². The quantitative estimate of drug-likeness (QED) is 0.609. The van der Waals surface area contributed by atoms with Gasteiger partial charge in [-0.2, -0.15) is 5.26 Å². The zero-order valence-electron chi connectivity index (χ0n) is 13.1. The van der Waals surface area contributed by atoms with Crippen molar-refractivity contribution in [2.24, 2.45) is 0 Å². The lowest BCUT2D eigenvalue weighted by Gasteiger charge is -2.39. The van der Waals surface area contributed by atoms with Crippen LogP contribution in [0, 0.1) is 11.3 Å². The van der Waals surface area contributed by atoms with Gasteiger partial charge in [-0.1, -0.05) is 12.1 Å². The molecule has 0 bridgehead atoms. The smallest absolute Gasteiger partial charge is 0.394 e. The predicted octanol–water partition coefficient (Wildman–Crippen LogP) is 1.07. The van der Waals surface area contributed by atoms with E-state index < -0.39 is 29.6 Å². The van der Waals surface area contributed by atoms with Crippen LogP contribution in [-0.2, 0) is 14.3 Å². The highest BCUT2D eigenvalue weighted by molar-refractivity contribution is 6.36. The lowest BCUT2D eigenvalue weighted by Crippen LogP contribution is -2.51. The van der Waals surface area contributed by atoms with Gasteiger partial charge in [0.25, 0.3) is 0 Å². The molecule has 8 nitrogen and oxygen atoms in total. The van der Waals surface area contributed by atoms with Crippen LogP contribution < -0.4 is 10.6 Å². The highest BCUT2D eigenvalue weighted by atomic mass is 16.5. The Labute approximate surface area is 138 Å². The van der Waals surface area contributed by atoms with E-state index in [-0.39, 0.29) is 11.4 Å². The van der Waals surface area contributed by atoms with Crippen molar-refractivity contribution >= 4 is 23.3 Å². The number of carbonyl (C=O) groups excluding carboxylic acids is 1. The van der Waals surface area contributed by atoms with Crippen LogP contribution in [0.5, 0.6) is 0 Å². The van der Waals surface area contributed by atoms with Gasteiger partial charge >= 0.3 is 11.9 Å². The lowest BCUT2D eigenvalue weighted by molar-refractivity contribution is -0.147. The number of amides is 1. The summed E-state index contributed by atoms with van der Waals surface area (Å²) in [4.78, 5) is 22.0. The maximum Gasteiger partial charge on any atom is 0.394 e. The SMILES string of the molecule is CC1(C)OC(C#N)=CC(Nc2ccccc2NC(=O)C(=O)O)[C@H]1O. The predicted molar refractivity (Wildman–Crippen MR) is 85.0 cm³/mol. The van der Waals surface area contributed by atoms with Crippen LogP contribution in [0.15, 0.2) is 36.1 Å². The summed E-state index contributed by atoms with van der Waals surface area (Å²) in [5.41, 5.74) is -0.341. The van der Waals surface area contributed by atoms with Crippen LogP contribution >= 0.6 is 0 Å². The minimum atomic E-state index is -1.61. The molecule has 0 saturated carbocycles. The number of ether oxygens (including phenoxy) is 1. The first-order chi connectivity index (χ1) is 11.2. The molecule has 1 amide bonds. The number of para-hydroxylation sites is 2. The lowest BCUT2D eigenvalue weighted by atomic mass is 9.91. The monoisotopic (exact) mass is 331 g/mol. The molecule has 4 N–H and O–H groups in total. The Bertz CT molecular complexity index is 735. The number of aliphatic hydroxyl groups is 1. The fraction of sp³-hybridized carbons (Fsp3) is 0.312. The van der Waals surface area contributed by atoms with Gasteiger partial charge < -0.3 is 25.6 Å². The highest BCUT2D eigenvalue weighted by Gasteiger charge is 2.40. The molecule has 1 aromatic carbocycles. The Hall–Kier alpha value is -3.05. The summed E-state index contributed by atoms with van der Waals surface area (Å²) in [7, 11) is 0. The van der Waals surface area contributed by atoms with Crippen molar-refractivity contribution < 1.29 is 24.5 Å². The maximum absolute atomic E-state index is 11.4. The molecule has 0 aromatic heterocycles. The standard InChI is InChI=1S/C16H17N3O5/c1-16(2)13(20)12(7-9(8-17)24-16)18-10-5-3-4-6-11(10)19-14(21)15(22)23/h3-7,12-13,18,20H,1-2H3,(H,19,21)(H,22,23)/t12?,13-/m1/s1. The van der Waals surface area contributed by atoms with E-state index in [1.54, 1.807) is 32.0 Å². The Morgan fingerprint density at radius 3 is 2.50 bits per heavy atom. The van der Waals surface area contributed by atoms with Crippen LogP contribution in [-0.4, -0.2) is 39.8 Å². The van der Waals surface area contributed by atoms with Gasteiger partial charge in [-0.05, 0) is 32.1 Å². The van der Waals surface area contributed by atoms with E-state index >= 15 is 0 Å². The molecule has 1 unspecified atom stereocenters. The first-order valence-electron chi connectivity index (χ1n) is 7.13. The summed E-state index contributed by atoms with van der Waals surface area (Å²) >= 11 is 0. The van der Waals surface area contributed by atoms with Crippen molar-refractivity contribution in [2.45, 2.75) is 31.6 Å². The molecular weight excluding hydrogens is 314 g/mol. The van der Waals surface area contributed by atoms with Crippen molar-refractivity contribution in [1.82, 2.24) is 0 Å². The third-order valence-corrected chi connectivity index (χ3v) is 3.56. The van der Waals surface area contributed by atoms with Gasteiger partial charge in [0.2, 0.25) is 0 Å². The second-order valence-electron chi connectivity index (χ2n) is 5.77. The van der Waals surface area contributed by atoms with Gasteiger partial charge in [0, 0.05) is 0 Å². The third-order valence-electron chi connectivity index (χ3n) is 3.56. The highest BCUT2D eigenvalue weighted by Crippen LogP contribution is 2.31. The molecule has 126 valence electrons. The summed E-state index contributed by atoms with van der Waals surface area (Å²) in [6, 6.07) is 7.69. The minimum Gasteiger partial charge on any atom is -0.475 e. The average Bonchev–Trinajstić information content (AvgIpc) is 2.53. The number of carboxylic acids is 1. The Kier molecular flexibility index (Phi) is 4.76. The summed E-state index contributed by atoms with van der Waals surface area (Å²) in [6.07, 6.45) is 0.462. The largest absolute Gasteiger partial charge is 0.475 e. The topological polar surface area (TPSA) is 132 Å². The van der Waals surface area contributed by atoms with Crippen LogP contribution in [0.2, 0.25) is 0 Å². The molecule has 0 fully saturated rings. The Morgan fingerprint density at radius 2 is 1.92 bits per heavy atom. The number of nitrogens with one attached hydrogen (secondary N) is 2. The van der Waals surface area contributed by atoms with E-state index in [1.165, 1.54) is 12.1 Å². The second-order valence-corrected chi connectivity index (χ2v) is 5.77. The fourth-order valence-corrected chi connectivity index (χ4v) is 2.32.